The van der Waals surface area contributed by atoms with Crippen molar-refractivity contribution in [1.82, 2.24) is 10.1 Å². The maximum atomic E-state index is 6.06. The van der Waals surface area contributed by atoms with E-state index in [1.54, 1.807) is 11.8 Å². The lowest BCUT2D eigenvalue weighted by atomic mass is 10.0. The van der Waals surface area contributed by atoms with Crippen molar-refractivity contribution in [3.05, 3.63) is 11.7 Å². The first-order valence-electron chi connectivity index (χ1n) is 6.94. The zero-order valence-electron chi connectivity index (χ0n) is 11.7. The van der Waals surface area contributed by atoms with Crippen molar-refractivity contribution >= 4 is 11.8 Å². The average molecular weight is 285 g/mol. The van der Waals surface area contributed by atoms with E-state index in [-0.39, 0.29) is 11.6 Å². The van der Waals surface area contributed by atoms with Gasteiger partial charge in [-0.15, -0.1) is 0 Å². The maximum Gasteiger partial charge on any atom is 0.243 e. The molecule has 0 bridgehead atoms. The van der Waals surface area contributed by atoms with E-state index in [0.29, 0.717) is 18.3 Å². The molecule has 1 atom stereocenters. The van der Waals surface area contributed by atoms with Crippen LogP contribution >= 0.6 is 11.8 Å². The number of ether oxygens (including phenoxy) is 1. The first kappa shape index (κ1) is 14.8. The third-order valence-corrected chi connectivity index (χ3v) is 4.28. The molecule has 1 aliphatic rings. The minimum Gasteiger partial charge on any atom is -0.367 e. The summed E-state index contributed by atoms with van der Waals surface area (Å²) in [6, 6.07) is -0.172. The monoisotopic (exact) mass is 285 g/mol. The fourth-order valence-corrected chi connectivity index (χ4v) is 3.08. The van der Waals surface area contributed by atoms with Gasteiger partial charge in [0.1, 0.15) is 5.60 Å². The van der Waals surface area contributed by atoms with Crippen LogP contribution in [-0.2, 0) is 10.3 Å². The maximum absolute atomic E-state index is 6.06. The normalized spacial score (nSPS) is 19.7. The molecule has 0 aliphatic heterocycles. The van der Waals surface area contributed by atoms with E-state index < -0.39 is 0 Å². The van der Waals surface area contributed by atoms with Gasteiger partial charge < -0.3 is 15.0 Å². The van der Waals surface area contributed by atoms with Gasteiger partial charge in [-0.25, -0.2) is 0 Å². The second kappa shape index (κ2) is 6.72. The predicted octanol–water partition coefficient (Wildman–Crippen LogP) is 2.63. The summed E-state index contributed by atoms with van der Waals surface area (Å²) in [4.78, 5) is 4.50. The number of thioether (sulfide) groups is 1. The first-order chi connectivity index (χ1) is 9.22. The second-order valence-corrected chi connectivity index (χ2v) is 5.96. The Morgan fingerprint density at radius 1 is 1.47 bits per heavy atom. The van der Waals surface area contributed by atoms with E-state index in [2.05, 4.69) is 16.4 Å². The van der Waals surface area contributed by atoms with Gasteiger partial charge >= 0.3 is 0 Å². The van der Waals surface area contributed by atoms with E-state index >= 15 is 0 Å². The highest BCUT2D eigenvalue weighted by atomic mass is 32.2. The molecule has 108 valence electrons. The van der Waals surface area contributed by atoms with Crippen molar-refractivity contribution in [3.63, 3.8) is 0 Å². The number of hydrogen-bond donors (Lipinski definition) is 1. The third kappa shape index (κ3) is 3.30. The van der Waals surface area contributed by atoms with Crippen molar-refractivity contribution in [3.8, 4) is 0 Å². The van der Waals surface area contributed by atoms with Crippen molar-refractivity contribution in [2.45, 2.75) is 50.7 Å². The van der Waals surface area contributed by atoms with Gasteiger partial charge in [0, 0.05) is 6.61 Å². The molecular formula is C13H23N3O2S. The molecule has 2 N–H and O–H groups in total. The Labute approximate surface area is 118 Å². The number of rotatable bonds is 7. The van der Waals surface area contributed by atoms with Crippen LogP contribution in [0, 0.1) is 0 Å². The molecule has 1 aromatic heterocycles. The summed E-state index contributed by atoms with van der Waals surface area (Å²) in [7, 11) is 0. The Kier molecular flexibility index (Phi) is 5.24. The second-order valence-electron chi connectivity index (χ2n) is 4.98. The van der Waals surface area contributed by atoms with Crippen LogP contribution < -0.4 is 5.73 Å². The Morgan fingerprint density at radius 2 is 2.21 bits per heavy atom. The lowest BCUT2D eigenvalue weighted by molar-refractivity contribution is -0.0469. The van der Waals surface area contributed by atoms with Crippen molar-refractivity contribution < 1.29 is 9.26 Å². The molecule has 5 nitrogen and oxygen atoms in total. The molecule has 2 rings (SSSR count). The lowest BCUT2D eigenvalue weighted by Crippen LogP contribution is -2.28. The summed E-state index contributed by atoms with van der Waals surface area (Å²) < 4.78 is 11.3. The van der Waals surface area contributed by atoms with E-state index in [1.807, 2.05) is 6.92 Å². The molecule has 0 amide bonds. The van der Waals surface area contributed by atoms with Gasteiger partial charge in [0.05, 0.1) is 6.04 Å². The highest BCUT2D eigenvalue weighted by molar-refractivity contribution is 7.98. The van der Waals surface area contributed by atoms with Crippen LogP contribution in [0.1, 0.15) is 56.8 Å². The number of hydrogen-bond acceptors (Lipinski definition) is 6. The highest BCUT2D eigenvalue weighted by Crippen LogP contribution is 2.40. The van der Waals surface area contributed by atoms with Crippen LogP contribution in [0.4, 0.5) is 0 Å². The van der Waals surface area contributed by atoms with Gasteiger partial charge in [-0.05, 0) is 51.0 Å². The molecule has 1 aromatic rings. The molecule has 1 fully saturated rings. The summed E-state index contributed by atoms with van der Waals surface area (Å²) in [5.41, 5.74) is 5.72. The molecule has 0 saturated heterocycles. The van der Waals surface area contributed by atoms with Crippen LogP contribution in [0.25, 0.3) is 0 Å². The van der Waals surface area contributed by atoms with Crippen LogP contribution in [0.2, 0.25) is 0 Å². The zero-order chi connectivity index (χ0) is 13.7. The predicted molar refractivity (Wildman–Crippen MR) is 76.0 cm³/mol. The fraction of sp³-hybridized carbons (Fsp3) is 0.846. The number of nitrogens with two attached hydrogens (primary N) is 1. The van der Waals surface area contributed by atoms with Gasteiger partial charge in [-0.3, -0.25) is 0 Å². The van der Waals surface area contributed by atoms with Gasteiger partial charge in [-0.2, -0.15) is 16.7 Å². The Balaban J connectivity index is 2.10. The van der Waals surface area contributed by atoms with E-state index in [0.717, 1.165) is 37.9 Å². The van der Waals surface area contributed by atoms with Crippen LogP contribution in [0.15, 0.2) is 4.52 Å². The summed E-state index contributed by atoms with van der Waals surface area (Å²) in [5, 5.41) is 4.12. The molecule has 6 heteroatoms. The van der Waals surface area contributed by atoms with E-state index in [9.17, 15) is 0 Å². The molecule has 0 radical (unpaired) electrons. The molecule has 1 heterocycles. The van der Waals surface area contributed by atoms with Gasteiger partial charge in [0.2, 0.25) is 11.7 Å². The van der Waals surface area contributed by atoms with Crippen LogP contribution in [0.3, 0.4) is 0 Å². The van der Waals surface area contributed by atoms with E-state index in [1.165, 1.54) is 0 Å². The van der Waals surface area contributed by atoms with Crippen molar-refractivity contribution in [1.29, 1.82) is 0 Å². The zero-order valence-corrected chi connectivity index (χ0v) is 12.5. The van der Waals surface area contributed by atoms with Crippen LogP contribution in [0.5, 0.6) is 0 Å². The van der Waals surface area contributed by atoms with Crippen molar-refractivity contribution in [2.24, 2.45) is 5.73 Å². The molecule has 1 saturated carbocycles. The topological polar surface area (TPSA) is 74.2 Å². The molecular weight excluding hydrogens is 262 g/mol. The number of aromatic nitrogens is 2. The minimum absolute atomic E-state index is 0.172. The van der Waals surface area contributed by atoms with Gasteiger partial charge in [0.25, 0.3) is 0 Å². The summed E-state index contributed by atoms with van der Waals surface area (Å²) in [6.45, 7) is 2.67. The lowest BCUT2D eigenvalue weighted by Gasteiger charge is -2.24. The third-order valence-electron chi connectivity index (χ3n) is 3.63. The first-order valence-corrected chi connectivity index (χ1v) is 8.34. The quantitative estimate of drug-likeness (QED) is 0.830. The number of nitrogens with zero attached hydrogens (tertiary/aromatic N) is 2. The Morgan fingerprint density at radius 3 is 2.84 bits per heavy atom. The Bertz CT molecular complexity index is 391. The summed E-state index contributed by atoms with van der Waals surface area (Å²) in [5.74, 6) is 2.21. The molecule has 1 unspecified atom stereocenters. The van der Waals surface area contributed by atoms with Gasteiger partial charge in [-0.1, -0.05) is 5.16 Å². The molecule has 0 spiro atoms. The van der Waals surface area contributed by atoms with Crippen molar-refractivity contribution in [2.75, 3.05) is 18.6 Å². The fourth-order valence-electron chi connectivity index (χ4n) is 2.59. The molecule has 0 aromatic carbocycles. The SMILES string of the molecule is CCOC1(c2noc(C(N)CCSC)n2)CCCC1. The Hall–Kier alpha value is -0.590. The van der Waals surface area contributed by atoms with Gasteiger partial charge in [0.15, 0.2) is 0 Å². The smallest absolute Gasteiger partial charge is 0.243 e. The summed E-state index contributed by atoms with van der Waals surface area (Å²) >= 11 is 1.77. The molecule has 1 aliphatic carbocycles. The average Bonchev–Trinajstić information content (AvgIpc) is 3.05. The highest BCUT2D eigenvalue weighted by Gasteiger charge is 2.41. The largest absolute Gasteiger partial charge is 0.367 e. The van der Waals surface area contributed by atoms with E-state index in [4.69, 9.17) is 15.0 Å². The van der Waals surface area contributed by atoms with Crippen LogP contribution in [-0.4, -0.2) is 28.8 Å². The standard InChI is InChI=1S/C13H23N3O2S/c1-3-17-13(7-4-5-8-13)12-15-11(18-16-12)10(14)6-9-19-2/h10H,3-9,14H2,1-2H3. The molecule has 19 heavy (non-hydrogen) atoms. The summed E-state index contributed by atoms with van der Waals surface area (Å²) in [6.07, 6.45) is 7.17. The minimum atomic E-state index is -0.338.